The van der Waals surface area contributed by atoms with Gasteiger partial charge < -0.3 is 9.42 Å². The van der Waals surface area contributed by atoms with Crippen LogP contribution in [0.5, 0.6) is 0 Å². The van der Waals surface area contributed by atoms with E-state index in [9.17, 15) is 4.79 Å². The molecule has 1 amide bonds. The van der Waals surface area contributed by atoms with E-state index in [0.717, 1.165) is 28.2 Å². The molecule has 0 atom stereocenters. The van der Waals surface area contributed by atoms with E-state index >= 15 is 0 Å². The fourth-order valence-electron chi connectivity index (χ4n) is 3.34. The van der Waals surface area contributed by atoms with Gasteiger partial charge in [-0.3, -0.25) is 4.79 Å². The second kappa shape index (κ2) is 7.75. The molecule has 0 fully saturated rings. The zero-order chi connectivity index (χ0) is 20.4. The summed E-state index contributed by atoms with van der Waals surface area (Å²) in [5.74, 6) is 0.383. The van der Waals surface area contributed by atoms with Crippen LogP contribution < -0.4 is 0 Å². The predicted molar refractivity (Wildman–Crippen MR) is 111 cm³/mol. The van der Waals surface area contributed by atoms with Crippen molar-refractivity contribution in [3.63, 3.8) is 0 Å². The largest absolute Gasteiger partial charge is 0.355 e. The van der Waals surface area contributed by atoms with E-state index in [1.165, 1.54) is 0 Å². The predicted octanol–water partition coefficient (Wildman–Crippen LogP) is 4.42. The number of aryl methyl sites for hydroxylation is 1. The molecule has 0 spiro atoms. The van der Waals surface area contributed by atoms with Crippen LogP contribution in [-0.2, 0) is 6.54 Å². The number of carbonyl (C=O) groups is 1. The molecule has 0 aliphatic rings. The number of hydrogen-bond donors (Lipinski definition) is 0. The minimum Gasteiger partial charge on any atom is -0.355 e. The highest BCUT2D eigenvalue weighted by Gasteiger charge is 2.21. The SMILES string of the molecule is Cc1nn(-c2ccccc2)c(C)c1CN(C)C(=O)c1cc(-c2ccccc2)on1. The van der Waals surface area contributed by atoms with Gasteiger partial charge in [-0.25, -0.2) is 4.68 Å². The maximum Gasteiger partial charge on any atom is 0.276 e. The molecule has 0 aliphatic heterocycles. The normalized spacial score (nSPS) is 10.9. The summed E-state index contributed by atoms with van der Waals surface area (Å²) in [4.78, 5) is 14.5. The molecule has 6 nitrogen and oxygen atoms in total. The molecule has 2 aromatic carbocycles. The molecule has 0 aliphatic carbocycles. The number of amides is 1. The van der Waals surface area contributed by atoms with Crippen LogP contribution in [0.1, 0.15) is 27.4 Å². The second-order valence-electron chi connectivity index (χ2n) is 7.00. The number of carbonyl (C=O) groups excluding carboxylic acids is 1. The molecule has 0 saturated heterocycles. The number of hydrogen-bond acceptors (Lipinski definition) is 4. The molecule has 29 heavy (non-hydrogen) atoms. The van der Waals surface area contributed by atoms with Gasteiger partial charge in [0.05, 0.1) is 11.4 Å². The van der Waals surface area contributed by atoms with Gasteiger partial charge in [-0.05, 0) is 26.0 Å². The minimum absolute atomic E-state index is 0.192. The molecule has 0 radical (unpaired) electrons. The Labute approximate surface area is 169 Å². The fraction of sp³-hybridized carbons (Fsp3) is 0.174. The Balaban J connectivity index is 1.54. The topological polar surface area (TPSA) is 64.2 Å². The van der Waals surface area contributed by atoms with Gasteiger partial charge in [0, 0.05) is 36.5 Å². The number of rotatable bonds is 5. The molecular formula is C23H22N4O2. The van der Waals surface area contributed by atoms with Gasteiger partial charge in [-0.2, -0.15) is 5.10 Å². The lowest BCUT2D eigenvalue weighted by Crippen LogP contribution is -2.27. The van der Waals surface area contributed by atoms with E-state index in [4.69, 9.17) is 4.52 Å². The minimum atomic E-state index is -0.192. The highest BCUT2D eigenvalue weighted by molar-refractivity contribution is 5.93. The Bertz CT molecular complexity index is 1130. The van der Waals surface area contributed by atoms with Crippen LogP contribution in [0.25, 0.3) is 17.0 Å². The van der Waals surface area contributed by atoms with Crippen LogP contribution >= 0.6 is 0 Å². The Morgan fingerprint density at radius 1 is 1.03 bits per heavy atom. The fourth-order valence-corrected chi connectivity index (χ4v) is 3.34. The van der Waals surface area contributed by atoms with Crippen molar-refractivity contribution < 1.29 is 9.32 Å². The Hall–Kier alpha value is -3.67. The van der Waals surface area contributed by atoms with E-state index in [2.05, 4.69) is 10.3 Å². The monoisotopic (exact) mass is 386 g/mol. The lowest BCUT2D eigenvalue weighted by atomic mass is 10.1. The summed E-state index contributed by atoms with van der Waals surface area (Å²) in [6.07, 6.45) is 0. The molecule has 4 rings (SSSR count). The van der Waals surface area contributed by atoms with Crippen LogP contribution in [0.2, 0.25) is 0 Å². The summed E-state index contributed by atoms with van der Waals surface area (Å²) in [5.41, 5.74) is 5.11. The number of nitrogens with zero attached hydrogens (tertiary/aromatic N) is 4. The van der Waals surface area contributed by atoms with Gasteiger partial charge in [0.25, 0.3) is 5.91 Å². The third-order valence-electron chi connectivity index (χ3n) is 4.97. The van der Waals surface area contributed by atoms with E-state index < -0.39 is 0 Å². The third kappa shape index (κ3) is 3.69. The van der Waals surface area contributed by atoms with E-state index in [-0.39, 0.29) is 11.6 Å². The van der Waals surface area contributed by atoms with E-state index in [1.54, 1.807) is 18.0 Å². The molecule has 2 heterocycles. The Morgan fingerprint density at radius 2 is 1.69 bits per heavy atom. The average molecular weight is 386 g/mol. The van der Waals surface area contributed by atoms with Crippen molar-refractivity contribution in [1.29, 1.82) is 0 Å². The highest BCUT2D eigenvalue weighted by Crippen LogP contribution is 2.22. The first kappa shape index (κ1) is 18.7. The lowest BCUT2D eigenvalue weighted by molar-refractivity contribution is 0.0774. The number of benzene rings is 2. The Kier molecular flexibility index (Phi) is 4.99. The molecule has 4 aromatic rings. The van der Waals surface area contributed by atoms with Gasteiger partial charge in [0.2, 0.25) is 0 Å². The first-order chi connectivity index (χ1) is 14.0. The molecule has 6 heteroatoms. The Morgan fingerprint density at radius 3 is 2.38 bits per heavy atom. The van der Waals surface area contributed by atoms with Gasteiger partial charge in [-0.1, -0.05) is 53.7 Å². The summed E-state index contributed by atoms with van der Waals surface area (Å²) in [6, 6.07) is 21.3. The molecule has 0 saturated carbocycles. The van der Waals surface area contributed by atoms with Gasteiger partial charge >= 0.3 is 0 Å². The van der Waals surface area contributed by atoms with Crippen molar-refractivity contribution in [2.75, 3.05) is 7.05 Å². The summed E-state index contributed by atoms with van der Waals surface area (Å²) >= 11 is 0. The zero-order valence-corrected chi connectivity index (χ0v) is 16.7. The first-order valence-electron chi connectivity index (χ1n) is 9.42. The van der Waals surface area contributed by atoms with Gasteiger partial charge in [0.1, 0.15) is 0 Å². The van der Waals surface area contributed by atoms with Crippen LogP contribution in [0.15, 0.2) is 71.3 Å². The summed E-state index contributed by atoms with van der Waals surface area (Å²) < 4.78 is 7.28. The number of para-hydroxylation sites is 1. The summed E-state index contributed by atoms with van der Waals surface area (Å²) in [6.45, 7) is 4.42. The molecular weight excluding hydrogens is 364 g/mol. The zero-order valence-electron chi connectivity index (χ0n) is 16.7. The highest BCUT2D eigenvalue weighted by atomic mass is 16.5. The lowest BCUT2D eigenvalue weighted by Gasteiger charge is -2.16. The van der Waals surface area contributed by atoms with Crippen LogP contribution in [0.4, 0.5) is 0 Å². The molecule has 0 unspecified atom stereocenters. The third-order valence-corrected chi connectivity index (χ3v) is 4.97. The van der Waals surface area contributed by atoms with Crippen LogP contribution in [0.3, 0.4) is 0 Å². The van der Waals surface area contributed by atoms with Crippen molar-refractivity contribution >= 4 is 5.91 Å². The van der Waals surface area contributed by atoms with Crippen molar-refractivity contribution in [1.82, 2.24) is 19.8 Å². The van der Waals surface area contributed by atoms with Gasteiger partial charge in [0.15, 0.2) is 11.5 Å². The second-order valence-corrected chi connectivity index (χ2v) is 7.00. The average Bonchev–Trinajstić information content (AvgIpc) is 3.35. The van der Waals surface area contributed by atoms with Crippen LogP contribution in [0, 0.1) is 13.8 Å². The summed E-state index contributed by atoms with van der Waals surface area (Å²) in [7, 11) is 1.76. The first-order valence-corrected chi connectivity index (χ1v) is 9.42. The van der Waals surface area contributed by atoms with Crippen molar-refractivity contribution in [2.45, 2.75) is 20.4 Å². The van der Waals surface area contributed by atoms with Crippen molar-refractivity contribution in [3.8, 4) is 17.0 Å². The van der Waals surface area contributed by atoms with E-state index in [0.29, 0.717) is 12.3 Å². The van der Waals surface area contributed by atoms with Crippen LogP contribution in [-0.4, -0.2) is 32.8 Å². The van der Waals surface area contributed by atoms with Crippen molar-refractivity contribution in [3.05, 3.63) is 89.4 Å². The smallest absolute Gasteiger partial charge is 0.276 e. The molecule has 0 bridgehead atoms. The standard InChI is InChI=1S/C23H22N4O2/c1-16-20(17(2)27(24-16)19-12-8-5-9-13-19)15-26(3)23(28)21-14-22(29-25-21)18-10-6-4-7-11-18/h4-14H,15H2,1-3H3. The molecule has 2 aromatic heterocycles. The van der Waals surface area contributed by atoms with E-state index in [1.807, 2.05) is 79.2 Å². The number of aromatic nitrogens is 3. The maximum atomic E-state index is 12.9. The quantitative estimate of drug-likeness (QED) is 0.509. The maximum absolute atomic E-state index is 12.9. The molecule has 0 N–H and O–H groups in total. The summed E-state index contributed by atoms with van der Waals surface area (Å²) in [5, 5.41) is 8.62. The van der Waals surface area contributed by atoms with Gasteiger partial charge in [-0.15, -0.1) is 0 Å². The molecule has 146 valence electrons. The van der Waals surface area contributed by atoms with Crippen molar-refractivity contribution in [2.24, 2.45) is 0 Å².